The lowest BCUT2D eigenvalue weighted by Gasteiger charge is -2.11. The summed E-state index contributed by atoms with van der Waals surface area (Å²) < 4.78 is 12.9. The van der Waals surface area contributed by atoms with Gasteiger partial charge in [0.1, 0.15) is 22.3 Å². The molecule has 3 heterocycles. The summed E-state index contributed by atoms with van der Waals surface area (Å²) in [4.78, 5) is 15.3. The fraction of sp³-hybridized carbons (Fsp3) is 0. The maximum absolute atomic E-state index is 6.63. The predicted molar refractivity (Wildman–Crippen MR) is 211 cm³/mol. The van der Waals surface area contributed by atoms with Crippen LogP contribution in [-0.2, 0) is 0 Å². The monoisotopic (exact) mass is 665 g/mol. The third-order valence-electron chi connectivity index (χ3n) is 10.1. The van der Waals surface area contributed by atoms with Gasteiger partial charge in [0.25, 0.3) is 0 Å². The zero-order valence-corrected chi connectivity index (χ0v) is 27.7. The molecule has 5 heteroatoms. The molecule has 0 atom stereocenters. The number of fused-ring (bicyclic) bond motifs is 9. The van der Waals surface area contributed by atoms with Gasteiger partial charge in [0.15, 0.2) is 17.5 Å². The Balaban J connectivity index is 1.15. The largest absolute Gasteiger partial charge is 0.456 e. The van der Waals surface area contributed by atoms with E-state index < -0.39 is 0 Å². The van der Waals surface area contributed by atoms with Crippen molar-refractivity contribution in [2.24, 2.45) is 0 Å². The highest BCUT2D eigenvalue weighted by atomic mass is 16.3. The van der Waals surface area contributed by atoms with Crippen LogP contribution in [0, 0.1) is 0 Å². The van der Waals surface area contributed by atoms with Crippen molar-refractivity contribution in [3.05, 3.63) is 164 Å². The summed E-state index contributed by atoms with van der Waals surface area (Å²) in [6.45, 7) is 0. The van der Waals surface area contributed by atoms with Crippen molar-refractivity contribution in [1.82, 2.24) is 15.0 Å². The van der Waals surface area contributed by atoms with E-state index in [1.54, 1.807) is 0 Å². The molecule has 0 aliphatic heterocycles. The van der Waals surface area contributed by atoms with Crippen molar-refractivity contribution in [3.63, 3.8) is 0 Å². The summed E-state index contributed by atoms with van der Waals surface area (Å²) in [6.07, 6.45) is 0. The summed E-state index contributed by atoms with van der Waals surface area (Å²) in [7, 11) is 0. The van der Waals surface area contributed by atoms with E-state index in [4.69, 9.17) is 23.8 Å². The van der Waals surface area contributed by atoms with E-state index in [9.17, 15) is 0 Å². The first-order valence-electron chi connectivity index (χ1n) is 17.4. The molecular weight excluding hydrogens is 639 g/mol. The molecule has 242 valence electrons. The fourth-order valence-electron chi connectivity index (χ4n) is 7.77. The van der Waals surface area contributed by atoms with Gasteiger partial charge in [-0.25, -0.2) is 15.0 Å². The van der Waals surface area contributed by atoms with Gasteiger partial charge in [-0.15, -0.1) is 0 Å². The van der Waals surface area contributed by atoms with Gasteiger partial charge >= 0.3 is 0 Å². The number of hydrogen-bond acceptors (Lipinski definition) is 5. The summed E-state index contributed by atoms with van der Waals surface area (Å²) in [5.74, 6) is 1.78. The Morgan fingerprint density at radius 3 is 1.81 bits per heavy atom. The maximum Gasteiger partial charge on any atom is 0.164 e. The number of aromatic nitrogens is 3. The summed E-state index contributed by atoms with van der Waals surface area (Å²) in [5, 5.41) is 8.83. The van der Waals surface area contributed by atoms with Crippen molar-refractivity contribution >= 4 is 65.4 Å². The number of rotatable bonds is 4. The van der Waals surface area contributed by atoms with Crippen LogP contribution in [0.3, 0.4) is 0 Å². The summed E-state index contributed by atoms with van der Waals surface area (Å²) in [6, 6.07) is 56.3. The summed E-state index contributed by atoms with van der Waals surface area (Å²) in [5.41, 5.74) is 8.29. The highest BCUT2D eigenvalue weighted by molar-refractivity contribution is 6.23. The van der Waals surface area contributed by atoms with Gasteiger partial charge in [0.2, 0.25) is 0 Å². The lowest BCUT2D eigenvalue weighted by Crippen LogP contribution is -2.00. The van der Waals surface area contributed by atoms with Crippen molar-refractivity contribution < 1.29 is 8.83 Å². The first-order chi connectivity index (χ1) is 25.8. The Kier molecular flexibility index (Phi) is 6.18. The van der Waals surface area contributed by atoms with Crippen molar-refractivity contribution in [2.75, 3.05) is 0 Å². The zero-order chi connectivity index (χ0) is 34.2. The third kappa shape index (κ3) is 4.39. The van der Waals surface area contributed by atoms with E-state index >= 15 is 0 Å². The molecule has 0 saturated heterocycles. The van der Waals surface area contributed by atoms with Gasteiger partial charge in [-0.2, -0.15) is 0 Å². The molecule has 0 spiro atoms. The molecule has 11 rings (SSSR count). The first-order valence-corrected chi connectivity index (χ1v) is 17.4. The minimum Gasteiger partial charge on any atom is -0.456 e. The molecule has 0 N–H and O–H groups in total. The van der Waals surface area contributed by atoms with Crippen LogP contribution >= 0.6 is 0 Å². The fourth-order valence-corrected chi connectivity index (χ4v) is 7.77. The topological polar surface area (TPSA) is 65.0 Å². The van der Waals surface area contributed by atoms with E-state index in [0.717, 1.165) is 71.5 Å². The molecule has 8 aromatic carbocycles. The van der Waals surface area contributed by atoms with Crippen LogP contribution in [0.2, 0.25) is 0 Å². The Bertz CT molecular complexity index is 3190. The standard InChI is InChI=1S/C47H27N3O2/c1-2-13-29(14-3-1)45-48-46(50-47(49-45)36-21-11-23-41-44(36)35-19-8-9-22-39(35)51-41)30-24-25-40-38(26-30)43-34-18-7-6-17-33(34)37(27-42(43)52-40)32-20-10-15-28-12-4-5-16-31(28)32/h1-27H. The van der Waals surface area contributed by atoms with Crippen LogP contribution < -0.4 is 0 Å². The van der Waals surface area contributed by atoms with Gasteiger partial charge in [-0.3, -0.25) is 0 Å². The second-order valence-electron chi connectivity index (χ2n) is 13.1. The number of benzene rings is 8. The normalized spacial score (nSPS) is 11.8. The van der Waals surface area contributed by atoms with E-state index in [-0.39, 0.29) is 0 Å². The zero-order valence-electron chi connectivity index (χ0n) is 27.7. The molecule has 0 aliphatic rings. The number of furan rings is 2. The van der Waals surface area contributed by atoms with Crippen LogP contribution in [0.4, 0.5) is 0 Å². The van der Waals surface area contributed by atoms with E-state index in [1.165, 1.54) is 21.7 Å². The number of hydrogen-bond donors (Lipinski definition) is 0. The van der Waals surface area contributed by atoms with Gasteiger partial charge in [0, 0.05) is 38.2 Å². The average Bonchev–Trinajstić information content (AvgIpc) is 3.79. The van der Waals surface area contributed by atoms with Gasteiger partial charge < -0.3 is 8.83 Å². The second kappa shape index (κ2) is 11.2. The molecule has 0 aliphatic carbocycles. The molecule has 0 bridgehead atoms. The Morgan fingerprint density at radius 2 is 0.923 bits per heavy atom. The van der Waals surface area contributed by atoms with Crippen molar-refractivity contribution in [2.45, 2.75) is 0 Å². The number of para-hydroxylation sites is 1. The molecule has 11 aromatic rings. The molecule has 3 aromatic heterocycles. The molecule has 0 saturated carbocycles. The lowest BCUT2D eigenvalue weighted by atomic mass is 9.92. The molecule has 52 heavy (non-hydrogen) atoms. The minimum atomic E-state index is 0.585. The molecule has 0 radical (unpaired) electrons. The van der Waals surface area contributed by atoms with Crippen molar-refractivity contribution in [1.29, 1.82) is 0 Å². The van der Waals surface area contributed by atoms with Gasteiger partial charge in [-0.05, 0) is 69.1 Å². The molecule has 0 unspecified atom stereocenters. The van der Waals surface area contributed by atoms with Crippen LogP contribution in [-0.4, -0.2) is 15.0 Å². The van der Waals surface area contributed by atoms with E-state index in [2.05, 4.69) is 91.0 Å². The van der Waals surface area contributed by atoms with Crippen molar-refractivity contribution in [3.8, 4) is 45.3 Å². The minimum absolute atomic E-state index is 0.585. The van der Waals surface area contributed by atoms with E-state index in [0.29, 0.717) is 17.5 Å². The second-order valence-corrected chi connectivity index (χ2v) is 13.1. The Hall–Kier alpha value is -7.11. The smallest absolute Gasteiger partial charge is 0.164 e. The first kappa shape index (κ1) is 28.7. The molecule has 5 nitrogen and oxygen atoms in total. The quantitative estimate of drug-likeness (QED) is 0.187. The SMILES string of the molecule is c1ccc(-c2nc(-c3ccc4oc5cc(-c6cccc7ccccc67)c6ccccc6c5c4c3)nc(-c3cccc4oc5ccccc5c34)n2)cc1. The highest BCUT2D eigenvalue weighted by Gasteiger charge is 2.20. The molecule has 0 amide bonds. The molecular formula is C47H27N3O2. The third-order valence-corrected chi connectivity index (χ3v) is 10.1. The average molecular weight is 666 g/mol. The van der Waals surface area contributed by atoms with Crippen LogP contribution in [0.5, 0.6) is 0 Å². The number of nitrogens with zero attached hydrogens (tertiary/aromatic N) is 3. The van der Waals surface area contributed by atoms with Crippen LogP contribution in [0.1, 0.15) is 0 Å². The van der Waals surface area contributed by atoms with Gasteiger partial charge in [-0.1, -0.05) is 127 Å². The Labute approximate surface area is 297 Å². The highest BCUT2D eigenvalue weighted by Crippen LogP contribution is 2.43. The van der Waals surface area contributed by atoms with Crippen LogP contribution in [0.15, 0.2) is 173 Å². The van der Waals surface area contributed by atoms with Gasteiger partial charge in [0.05, 0.1) is 0 Å². The lowest BCUT2D eigenvalue weighted by molar-refractivity contribution is 0.668. The van der Waals surface area contributed by atoms with E-state index in [1.807, 2.05) is 72.8 Å². The predicted octanol–water partition coefficient (Wildman–Crippen LogP) is 12.6. The molecule has 0 fully saturated rings. The van der Waals surface area contributed by atoms with Crippen LogP contribution in [0.25, 0.3) is 111 Å². The summed E-state index contributed by atoms with van der Waals surface area (Å²) >= 11 is 0. The Morgan fingerprint density at radius 1 is 0.308 bits per heavy atom. The maximum atomic E-state index is 6.63.